The van der Waals surface area contributed by atoms with E-state index in [1.54, 1.807) is 0 Å². The molecule has 0 aromatic carbocycles. The molecule has 0 bridgehead atoms. The third-order valence-corrected chi connectivity index (χ3v) is 4.21. The fourth-order valence-corrected chi connectivity index (χ4v) is 2.29. The molecule has 1 fully saturated rings. The van der Waals surface area contributed by atoms with Crippen LogP contribution in [0.4, 0.5) is 0 Å². The van der Waals surface area contributed by atoms with Crippen molar-refractivity contribution in [3.63, 3.8) is 0 Å². The van der Waals surface area contributed by atoms with Gasteiger partial charge in [-0.25, -0.2) is 3.11 Å². The number of hydrogen-bond donors (Lipinski definition) is 0. The first-order chi connectivity index (χ1) is 5.11. The molecular weight excluding hydrogens is 249 g/mol. The second-order valence-corrected chi connectivity index (χ2v) is 5.24. The van der Waals surface area contributed by atoms with E-state index in [2.05, 4.69) is 46.7 Å². The predicted molar refractivity (Wildman–Crippen MR) is 57.8 cm³/mol. The van der Waals surface area contributed by atoms with E-state index in [-0.39, 0.29) is 0 Å². The summed E-state index contributed by atoms with van der Waals surface area (Å²) in [5, 5.41) is 0. The summed E-state index contributed by atoms with van der Waals surface area (Å²) in [5.41, 5.74) is 0. The molecule has 0 N–H and O–H groups in total. The standard InChI is InChI=1S/C9H18IN/c1-7(2)9-4-5-11(10)8(3)6-9/h7-9H,4-6H2,1-3H3. The summed E-state index contributed by atoms with van der Waals surface area (Å²) in [6.07, 6.45) is 2.78. The molecule has 1 nitrogen and oxygen atoms in total. The van der Waals surface area contributed by atoms with Crippen LogP contribution in [0.1, 0.15) is 33.6 Å². The molecule has 0 amide bonds. The monoisotopic (exact) mass is 267 g/mol. The van der Waals surface area contributed by atoms with Gasteiger partial charge in [-0.3, -0.25) is 0 Å². The Labute approximate surface area is 84.0 Å². The van der Waals surface area contributed by atoms with E-state index in [0.29, 0.717) is 0 Å². The van der Waals surface area contributed by atoms with E-state index in [4.69, 9.17) is 0 Å². The largest absolute Gasteiger partial charge is 0.245 e. The van der Waals surface area contributed by atoms with Crippen LogP contribution in [0.3, 0.4) is 0 Å². The Balaban J connectivity index is 2.40. The molecule has 1 rings (SSSR count). The minimum absolute atomic E-state index is 0.789. The van der Waals surface area contributed by atoms with Crippen molar-refractivity contribution in [2.75, 3.05) is 6.54 Å². The lowest BCUT2D eigenvalue weighted by Crippen LogP contribution is -2.35. The van der Waals surface area contributed by atoms with Gasteiger partial charge in [-0.05, 0) is 31.6 Å². The van der Waals surface area contributed by atoms with Crippen LogP contribution >= 0.6 is 22.9 Å². The van der Waals surface area contributed by atoms with Crippen molar-refractivity contribution in [2.45, 2.75) is 39.7 Å². The molecule has 11 heavy (non-hydrogen) atoms. The van der Waals surface area contributed by atoms with Crippen LogP contribution < -0.4 is 0 Å². The molecule has 0 aromatic rings. The van der Waals surface area contributed by atoms with Gasteiger partial charge in [-0.1, -0.05) is 13.8 Å². The van der Waals surface area contributed by atoms with Crippen molar-refractivity contribution < 1.29 is 0 Å². The zero-order valence-electron chi connectivity index (χ0n) is 7.68. The lowest BCUT2D eigenvalue weighted by Gasteiger charge is -2.35. The Morgan fingerprint density at radius 2 is 2.09 bits per heavy atom. The van der Waals surface area contributed by atoms with Crippen LogP contribution in [-0.2, 0) is 0 Å². The quantitative estimate of drug-likeness (QED) is 0.521. The summed E-state index contributed by atoms with van der Waals surface area (Å²) < 4.78 is 2.44. The van der Waals surface area contributed by atoms with E-state index >= 15 is 0 Å². The third-order valence-electron chi connectivity index (χ3n) is 2.78. The summed E-state index contributed by atoms with van der Waals surface area (Å²) in [6.45, 7) is 8.31. The van der Waals surface area contributed by atoms with Gasteiger partial charge in [0, 0.05) is 35.5 Å². The van der Waals surface area contributed by atoms with Crippen molar-refractivity contribution >= 4 is 22.9 Å². The van der Waals surface area contributed by atoms with Gasteiger partial charge in [-0.15, -0.1) is 0 Å². The number of hydrogen-bond acceptors (Lipinski definition) is 1. The molecular formula is C9H18IN. The minimum Gasteiger partial charge on any atom is -0.245 e. The smallest absolute Gasteiger partial charge is 0.0204 e. The summed E-state index contributed by atoms with van der Waals surface area (Å²) >= 11 is 2.45. The molecule has 66 valence electrons. The second kappa shape index (κ2) is 4.08. The molecule has 0 saturated carbocycles. The number of rotatable bonds is 1. The van der Waals surface area contributed by atoms with Crippen molar-refractivity contribution in [2.24, 2.45) is 11.8 Å². The number of halogens is 1. The van der Waals surface area contributed by atoms with Crippen molar-refractivity contribution in [1.29, 1.82) is 0 Å². The number of nitrogens with zero attached hydrogens (tertiary/aromatic N) is 1. The maximum atomic E-state index is 2.45. The van der Waals surface area contributed by atoms with Gasteiger partial charge in [0.2, 0.25) is 0 Å². The van der Waals surface area contributed by atoms with Gasteiger partial charge >= 0.3 is 0 Å². The van der Waals surface area contributed by atoms with Gasteiger partial charge in [0.05, 0.1) is 0 Å². The van der Waals surface area contributed by atoms with E-state index in [9.17, 15) is 0 Å². The first kappa shape index (κ1) is 9.78. The molecule has 0 aromatic heterocycles. The van der Waals surface area contributed by atoms with Crippen LogP contribution in [0.2, 0.25) is 0 Å². The molecule has 0 aliphatic carbocycles. The van der Waals surface area contributed by atoms with Crippen LogP contribution in [-0.4, -0.2) is 15.7 Å². The van der Waals surface area contributed by atoms with Crippen molar-refractivity contribution in [3.05, 3.63) is 0 Å². The lowest BCUT2D eigenvalue weighted by atomic mass is 9.84. The second-order valence-electron chi connectivity index (χ2n) is 4.00. The van der Waals surface area contributed by atoms with Crippen LogP contribution in [0.25, 0.3) is 0 Å². The minimum atomic E-state index is 0.789. The van der Waals surface area contributed by atoms with E-state index in [0.717, 1.165) is 17.9 Å². The Morgan fingerprint density at radius 3 is 2.55 bits per heavy atom. The normalized spacial score (nSPS) is 34.6. The zero-order chi connectivity index (χ0) is 8.43. The fourth-order valence-electron chi connectivity index (χ4n) is 1.79. The van der Waals surface area contributed by atoms with Crippen molar-refractivity contribution in [3.8, 4) is 0 Å². The molecule has 0 spiro atoms. The highest BCUT2D eigenvalue weighted by Gasteiger charge is 2.25. The van der Waals surface area contributed by atoms with Crippen LogP contribution in [0.5, 0.6) is 0 Å². The highest BCUT2D eigenvalue weighted by Crippen LogP contribution is 2.29. The van der Waals surface area contributed by atoms with Crippen LogP contribution in [0.15, 0.2) is 0 Å². The first-order valence-electron chi connectivity index (χ1n) is 4.53. The molecule has 1 saturated heterocycles. The SMILES string of the molecule is CC(C)C1CCN(I)C(C)C1. The molecule has 2 unspecified atom stereocenters. The van der Waals surface area contributed by atoms with Gasteiger partial charge in [0.1, 0.15) is 0 Å². The third kappa shape index (κ3) is 2.58. The topological polar surface area (TPSA) is 3.24 Å². The first-order valence-corrected chi connectivity index (χ1v) is 5.50. The molecule has 2 heteroatoms. The highest BCUT2D eigenvalue weighted by atomic mass is 127. The molecule has 1 heterocycles. The Bertz CT molecular complexity index is 125. The zero-order valence-corrected chi connectivity index (χ0v) is 9.84. The Morgan fingerprint density at radius 1 is 1.45 bits per heavy atom. The van der Waals surface area contributed by atoms with Gasteiger partial charge < -0.3 is 0 Å². The highest BCUT2D eigenvalue weighted by molar-refractivity contribution is 14.1. The predicted octanol–water partition coefficient (Wildman–Crippen LogP) is 3.09. The van der Waals surface area contributed by atoms with Crippen LogP contribution in [0, 0.1) is 11.8 Å². The molecule has 2 atom stereocenters. The van der Waals surface area contributed by atoms with Gasteiger partial charge in [-0.2, -0.15) is 0 Å². The molecule has 1 aliphatic heterocycles. The number of piperidine rings is 1. The molecule has 0 radical (unpaired) electrons. The van der Waals surface area contributed by atoms with Gasteiger partial charge in [0.15, 0.2) is 0 Å². The van der Waals surface area contributed by atoms with E-state index in [1.807, 2.05) is 0 Å². The Kier molecular flexibility index (Phi) is 3.62. The fraction of sp³-hybridized carbons (Fsp3) is 1.00. The summed E-state index contributed by atoms with van der Waals surface area (Å²) in [6, 6.07) is 0.789. The molecule has 1 aliphatic rings. The van der Waals surface area contributed by atoms with E-state index < -0.39 is 0 Å². The van der Waals surface area contributed by atoms with Gasteiger partial charge in [0.25, 0.3) is 0 Å². The average molecular weight is 267 g/mol. The Hall–Kier alpha value is 0.690. The maximum Gasteiger partial charge on any atom is 0.0204 e. The van der Waals surface area contributed by atoms with E-state index in [1.165, 1.54) is 19.4 Å². The maximum absolute atomic E-state index is 2.45. The lowest BCUT2D eigenvalue weighted by molar-refractivity contribution is 0.199. The van der Waals surface area contributed by atoms with Crippen molar-refractivity contribution in [1.82, 2.24) is 3.11 Å². The average Bonchev–Trinajstić information content (AvgIpc) is 1.94. The summed E-state index contributed by atoms with van der Waals surface area (Å²) in [5.74, 6) is 1.85. The summed E-state index contributed by atoms with van der Waals surface area (Å²) in [4.78, 5) is 0. The summed E-state index contributed by atoms with van der Waals surface area (Å²) in [7, 11) is 0.